The lowest BCUT2D eigenvalue weighted by atomic mass is 10.2. The highest BCUT2D eigenvalue weighted by molar-refractivity contribution is 5.92. The molecule has 0 aliphatic carbocycles. The predicted molar refractivity (Wildman–Crippen MR) is 116 cm³/mol. The lowest BCUT2D eigenvalue weighted by Gasteiger charge is -2.36. The summed E-state index contributed by atoms with van der Waals surface area (Å²) < 4.78 is 15.2. The van der Waals surface area contributed by atoms with E-state index in [1.54, 1.807) is 18.2 Å². The van der Waals surface area contributed by atoms with Gasteiger partial charge < -0.3 is 15.1 Å². The van der Waals surface area contributed by atoms with Crippen LogP contribution in [0.15, 0.2) is 66.9 Å². The van der Waals surface area contributed by atoms with Crippen LogP contribution in [-0.2, 0) is 4.79 Å². The number of carbonyl (C=O) groups is 2. The first kappa shape index (κ1) is 20.6. The van der Waals surface area contributed by atoms with Gasteiger partial charge in [-0.2, -0.15) is 5.10 Å². The molecular formula is C23H24FN5O2. The maximum atomic E-state index is 13.9. The van der Waals surface area contributed by atoms with Crippen molar-refractivity contribution in [3.8, 4) is 5.69 Å². The minimum Gasteiger partial charge on any atom is -0.368 e. The van der Waals surface area contributed by atoms with Crippen LogP contribution in [0.5, 0.6) is 0 Å². The molecule has 0 saturated carbocycles. The summed E-state index contributed by atoms with van der Waals surface area (Å²) in [5.74, 6) is -0.794. The molecule has 2 heterocycles. The average Bonchev–Trinajstić information content (AvgIpc) is 3.30. The number of hydrogen-bond donors (Lipinski definition) is 1. The number of nitrogens with one attached hydrogen (secondary N) is 1. The molecule has 0 atom stereocenters. The van der Waals surface area contributed by atoms with Crippen molar-refractivity contribution in [1.82, 2.24) is 20.0 Å². The van der Waals surface area contributed by atoms with Gasteiger partial charge in [-0.1, -0.05) is 30.3 Å². The Morgan fingerprint density at radius 2 is 1.65 bits per heavy atom. The lowest BCUT2D eigenvalue weighted by molar-refractivity contribution is -0.131. The topological polar surface area (TPSA) is 70.5 Å². The molecular weight excluding hydrogens is 397 g/mol. The molecule has 1 saturated heterocycles. The van der Waals surface area contributed by atoms with Gasteiger partial charge in [-0.3, -0.25) is 9.59 Å². The molecule has 1 aliphatic heterocycles. The fraction of sp³-hybridized carbons (Fsp3) is 0.261. The molecule has 7 nitrogen and oxygen atoms in total. The van der Waals surface area contributed by atoms with Crippen molar-refractivity contribution in [3.05, 3.63) is 78.4 Å². The molecule has 8 heteroatoms. The Hall–Kier alpha value is -3.68. The second kappa shape index (κ2) is 9.42. The van der Waals surface area contributed by atoms with Crippen LogP contribution in [0.3, 0.4) is 0 Å². The van der Waals surface area contributed by atoms with Crippen LogP contribution in [0.25, 0.3) is 5.69 Å². The second-order valence-electron chi connectivity index (χ2n) is 7.31. The number of para-hydroxylation sites is 2. The fourth-order valence-electron chi connectivity index (χ4n) is 3.60. The van der Waals surface area contributed by atoms with Crippen molar-refractivity contribution in [3.63, 3.8) is 0 Å². The summed E-state index contributed by atoms with van der Waals surface area (Å²) in [4.78, 5) is 28.9. The Balaban J connectivity index is 1.23. The molecule has 0 unspecified atom stereocenters. The highest BCUT2D eigenvalue weighted by Crippen LogP contribution is 2.16. The fourth-order valence-corrected chi connectivity index (χ4v) is 3.60. The van der Waals surface area contributed by atoms with Gasteiger partial charge >= 0.3 is 0 Å². The van der Waals surface area contributed by atoms with Crippen molar-refractivity contribution in [2.45, 2.75) is 6.42 Å². The van der Waals surface area contributed by atoms with Gasteiger partial charge in [0.15, 0.2) is 5.69 Å². The first-order valence-corrected chi connectivity index (χ1v) is 10.3. The third-order valence-corrected chi connectivity index (χ3v) is 5.30. The van der Waals surface area contributed by atoms with Crippen molar-refractivity contribution in [2.24, 2.45) is 0 Å². The summed E-state index contributed by atoms with van der Waals surface area (Å²) in [5, 5.41) is 6.85. The normalized spacial score (nSPS) is 13.8. The Labute approximate surface area is 180 Å². The number of aromatic nitrogens is 2. The molecule has 160 valence electrons. The number of benzene rings is 2. The third-order valence-electron chi connectivity index (χ3n) is 5.30. The van der Waals surface area contributed by atoms with Gasteiger partial charge in [-0.25, -0.2) is 9.07 Å². The molecule has 0 spiro atoms. The monoisotopic (exact) mass is 421 g/mol. The Morgan fingerprint density at radius 3 is 2.39 bits per heavy atom. The highest BCUT2D eigenvalue weighted by atomic mass is 19.1. The van der Waals surface area contributed by atoms with Gasteiger partial charge in [-0.15, -0.1) is 0 Å². The molecule has 1 aromatic heterocycles. The van der Waals surface area contributed by atoms with E-state index in [9.17, 15) is 14.0 Å². The maximum Gasteiger partial charge on any atom is 0.271 e. The standard InChI is InChI=1S/C23H24FN5O2/c24-19-8-4-5-9-21(19)29-13-11-20(26-29)23(31)25-12-10-22(30)28-16-14-27(15-17-28)18-6-2-1-3-7-18/h1-9,11,13H,10,12,14-17H2,(H,25,31). The molecule has 0 bridgehead atoms. The van der Waals surface area contributed by atoms with Gasteiger partial charge in [0, 0.05) is 51.0 Å². The minimum atomic E-state index is -0.421. The molecule has 2 amide bonds. The van der Waals surface area contributed by atoms with Gasteiger partial charge in [0.1, 0.15) is 11.5 Å². The van der Waals surface area contributed by atoms with Crippen molar-refractivity contribution in [1.29, 1.82) is 0 Å². The third kappa shape index (κ3) is 4.91. The zero-order valence-corrected chi connectivity index (χ0v) is 17.1. The van der Waals surface area contributed by atoms with Gasteiger partial charge in [0.25, 0.3) is 5.91 Å². The van der Waals surface area contributed by atoms with Crippen molar-refractivity contribution in [2.75, 3.05) is 37.6 Å². The summed E-state index contributed by atoms with van der Waals surface area (Å²) in [5.41, 5.74) is 1.61. The molecule has 1 N–H and O–H groups in total. The number of anilines is 1. The van der Waals surface area contributed by atoms with Crippen LogP contribution in [-0.4, -0.2) is 59.2 Å². The summed E-state index contributed by atoms with van der Waals surface area (Å²) in [6.07, 6.45) is 1.76. The molecule has 3 aromatic rings. The predicted octanol–water partition coefficient (Wildman–Crippen LogP) is 2.48. The summed E-state index contributed by atoms with van der Waals surface area (Å²) in [6.45, 7) is 3.12. The van der Waals surface area contributed by atoms with E-state index in [1.807, 2.05) is 23.1 Å². The van der Waals surface area contributed by atoms with Crippen LogP contribution in [0.2, 0.25) is 0 Å². The van der Waals surface area contributed by atoms with E-state index in [0.717, 1.165) is 18.8 Å². The van der Waals surface area contributed by atoms with Crippen molar-refractivity contribution < 1.29 is 14.0 Å². The summed E-state index contributed by atoms with van der Waals surface area (Å²) >= 11 is 0. The van der Waals surface area contributed by atoms with Gasteiger partial charge in [-0.05, 0) is 30.3 Å². The molecule has 31 heavy (non-hydrogen) atoms. The van der Waals surface area contributed by atoms with E-state index in [2.05, 4.69) is 27.4 Å². The Morgan fingerprint density at radius 1 is 0.935 bits per heavy atom. The number of nitrogens with zero attached hydrogens (tertiary/aromatic N) is 4. The molecule has 2 aromatic carbocycles. The number of halogens is 1. The van der Waals surface area contributed by atoms with Crippen molar-refractivity contribution >= 4 is 17.5 Å². The first-order chi connectivity index (χ1) is 15.1. The highest BCUT2D eigenvalue weighted by Gasteiger charge is 2.21. The molecule has 4 rings (SSSR count). The summed E-state index contributed by atoms with van der Waals surface area (Å²) in [6, 6.07) is 17.9. The molecule has 0 radical (unpaired) electrons. The summed E-state index contributed by atoms with van der Waals surface area (Å²) in [7, 11) is 0. The Kier molecular flexibility index (Phi) is 6.26. The van der Waals surface area contributed by atoms with E-state index in [-0.39, 0.29) is 30.3 Å². The number of amides is 2. The van der Waals surface area contributed by atoms with Gasteiger partial charge in [0.05, 0.1) is 0 Å². The SMILES string of the molecule is O=C(NCCC(=O)N1CCN(c2ccccc2)CC1)c1ccn(-c2ccccc2F)n1. The maximum absolute atomic E-state index is 13.9. The van der Waals surface area contributed by atoms with Crippen LogP contribution in [0.4, 0.5) is 10.1 Å². The second-order valence-corrected chi connectivity index (χ2v) is 7.31. The molecule has 1 aliphatic rings. The Bertz CT molecular complexity index is 1040. The van der Waals surface area contributed by atoms with Crippen LogP contribution < -0.4 is 10.2 Å². The van der Waals surface area contributed by atoms with E-state index >= 15 is 0 Å². The van der Waals surface area contributed by atoms with E-state index in [1.165, 1.54) is 23.0 Å². The van der Waals surface area contributed by atoms with E-state index in [4.69, 9.17) is 0 Å². The van der Waals surface area contributed by atoms with Gasteiger partial charge in [0.2, 0.25) is 5.91 Å². The molecule has 1 fully saturated rings. The number of piperazine rings is 1. The van der Waals surface area contributed by atoms with Crippen LogP contribution in [0, 0.1) is 5.82 Å². The minimum absolute atomic E-state index is 0.0184. The zero-order chi connectivity index (χ0) is 21.6. The number of rotatable bonds is 6. The number of hydrogen-bond acceptors (Lipinski definition) is 4. The largest absolute Gasteiger partial charge is 0.368 e. The first-order valence-electron chi connectivity index (χ1n) is 10.3. The number of carbonyl (C=O) groups excluding carboxylic acids is 2. The van der Waals surface area contributed by atoms with Crippen LogP contribution in [0.1, 0.15) is 16.9 Å². The van der Waals surface area contributed by atoms with E-state index < -0.39 is 11.7 Å². The smallest absolute Gasteiger partial charge is 0.271 e. The average molecular weight is 421 g/mol. The van der Waals surface area contributed by atoms with E-state index in [0.29, 0.717) is 13.1 Å². The zero-order valence-electron chi connectivity index (χ0n) is 17.1. The van der Waals surface area contributed by atoms with Crippen LogP contribution >= 0.6 is 0 Å². The quantitative estimate of drug-likeness (QED) is 0.664. The lowest BCUT2D eigenvalue weighted by Crippen LogP contribution is -2.49.